The van der Waals surface area contributed by atoms with Crippen LogP contribution in [0.2, 0.25) is 0 Å². The number of ether oxygens (including phenoxy) is 2. The van der Waals surface area contributed by atoms with Crippen LogP contribution in [0.4, 0.5) is 20.6 Å². The maximum atomic E-state index is 13.9. The molecular formula is C25H29FN4O6S. The highest BCUT2D eigenvalue weighted by Crippen LogP contribution is 2.34. The van der Waals surface area contributed by atoms with Crippen LogP contribution in [-0.4, -0.2) is 50.4 Å². The van der Waals surface area contributed by atoms with Gasteiger partial charge in [-0.2, -0.15) is 0 Å². The lowest BCUT2D eigenvalue weighted by Gasteiger charge is -2.19. The van der Waals surface area contributed by atoms with Crippen LogP contribution in [-0.2, 0) is 14.6 Å². The number of nitrogens with zero attached hydrogens (tertiary/aromatic N) is 1. The highest BCUT2D eigenvalue weighted by Gasteiger charge is 2.22. The average Bonchev–Trinajstić information content (AvgIpc) is 2.79. The normalized spacial score (nSPS) is 11.7. The summed E-state index contributed by atoms with van der Waals surface area (Å²) in [7, 11) is -2.55. The molecule has 12 heteroatoms. The molecule has 10 nitrogen and oxygen atoms in total. The van der Waals surface area contributed by atoms with E-state index < -0.39 is 39.0 Å². The van der Waals surface area contributed by atoms with Crippen LogP contribution >= 0.6 is 0 Å². The van der Waals surface area contributed by atoms with Crippen molar-refractivity contribution in [1.82, 2.24) is 10.3 Å². The van der Waals surface area contributed by atoms with Gasteiger partial charge in [-0.25, -0.2) is 17.6 Å². The number of hydrogen-bond acceptors (Lipinski definition) is 8. The Balaban J connectivity index is 2.02. The van der Waals surface area contributed by atoms with Gasteiger partial charge in [0.05, 0.1) is 34.5 Å². The predicted molar refractivity (Wildman–Crippen MR) is 138 cm³/mol. The number of halogens is 1. The van der Waals surface area contributed by atoms with Gasteiger partial charge in [-0.3, -0.25) is 9.78 Å². The van der Waals surface area contributed by atoms with E-state index in [1.807, 2.05) is 0 Å². The first-order valence-corrected chi connectivity index (χ1v) is 12.9. The molecule has 0 saturated heterocycles. The van der Waals surface area contributed by atoms with Crippen LogP contribution in [0.1, 0.15) is 36.7 Å². The molecule has 198 valence electrons. The lowest BCUT2D eigenvalue weighted by Crippen LogP contribution is -2.35. The number of nitrogens with one attached hydrogen (secondary N) is 2. The minimum atomic E-state index is -3.86. The molecule has 1 aromatic heterocycles. The molecule has 0 aliphatic carbocycles. The summed E-state index contributed by atoms with van der Waals surface area (Å²) in [6.07, 6.45) is 0.563. The number of benzene rings is 2. The molecule has 0 spiro atoms. The zero-order valence-corrected chi connectivity index (χ0v) is 22.0. The van der Waals surface area contributed by atoms with Gasteiger partial charge in [-0.1, -0.05) is 0 Å². The fourth-order valence-corrected chi connectivity index (χ4v) is 4.81. The van der Waals surface area contributed by atoms with Gasteiger partial charge in [-0.05, 0) is 57.5 Å². The molecule has 0 bridgehead atoms. The number of nitrogens with two attached hydrogens (primary N) is 1. The molecule has 0 aliphatic rings. The van der Waals surface area contributed by atoms with Crippen molar-refractivity contribution in [2.75, 3.05) is 24.7 Å². The number of aryl methyl sites for hydroxylation is 1. The van der Waals surface area contributed by atoms with Crippen LogP contribution in [0.25, 0.3) is 10.9 Å². The fraction of sp³-hybridized carbons (Fsp3) is 0.320. The lowest BCUT2D eigenvalue weighted by atomic mass is 10.1. The number of rotatable bonds is 8. The summed E-state index contributed by atoms with van der Waals surface area (Å²) in [5, 5.41) is 5.78. The summed E-state index contributed by atoms with van der Waals surface area (Å²) in [4.78, 5) is 28.3. The van der Waals surface area contributed by atoms with Crippen LogP contribution in [0, 0.1) is 12.7 Å². The van der Waals surface area contributed by atoms with Gasteiger partial charge in [0.25, 0.3) is 5.91 Å². The predicted octanol–water partition coefficient (Wildman–Crippen LogP) is 3.83. The minimum Gasteiger partial charge on any atom is -0.494 e. The van der Waals surface area contributed by atoms with Gasteiger partial charge in [0.2, 0.25) is 0 Å². The summed E-state index contributed by atoms with van der Waals surface area (Å²) in [5.41, 5.74) is 6.41. The van der Waals surface area contributed by atoms with E-state index in [0.717, 1.165) is 0 Å². The third kappa shape index (κ3) is 6.64. The Hall–Kier alpha value is -3.93. The van der Waals surface area contributed by atoms with Gasteiger partial charge in [0, 0.05) is 29.9 Å². The second-order valence-corrected chi connectivity index (χ2v) is 11.4. The van der Waals surface area contributed by atoms with Gasteiger partial charge >= 0.3 is 6.09 Å². The average molecular weight is 533 g/mol. The number of carbonyl (C=O) groups excluding carboxylic acids is 2. The maximum absolute atomic E-state index is 13.9. The number of aromatic nitrogens is 1. The van der Waals surface area contributed by atoms with E-state index in [0.29, 0.717) is 22.2 Å². The lowest BCUT2D eigenvalue weighted by molar-refractivity contribution is 0.0531. The number of sulfone groups is 1. The van der Waals surface area contributed by atoms with Crippen molar-refractivity contribution in [3.05, 3.63) is 53.5 Å². The number of methoxy groups -OCH3 is 1. The first-order chi connectivity index (χ1) is 17.2. The van der Waals surface area contributed by atoms with E-state index in [1.54, 1.807) is 27.7 Å². The summed E-state index contributed by atoms with van der Waals surface area (Å²) < 4.78 is 50.3. The smallest absolute Gasteiger partial charge is 0.407 e. The van der Waals surface area contributed by atoms with E-state index in [1.165, 1.54) is 43.6 Å². The van der Waals surface area contributed by atoms with E-state index in [4.69, 9.17) is 15.2 Å². The Morgan fingerprint density at radius 3 is 2.49 bits per heavy atom. The maximum Gasteiger partial charge on any atom is 0.407 e. The highest BCUT2D eigenvalue weighted by atomic mass is 32.2. The second kappa shape index (κ2) is 10.6. The van der Waals surface area contributed by atoms with E-state index in [9.17, 15) is 22.4 Å². The van der Waals surface area contributed by atoms with Gasteiger partial charge < -0.3 is 25.8 Å². The van der Waals surface area contributed by atoms with Crippen molar-refractivity contribution in [2.24, 2.45) is 5.73 Å². The minimum absolute atomic E-state index is 0.0105. The standard InChI is InChI=1S/C25H29FN4O6S/c1-14-10-16(37(33,34)9-8-28-24(32)36-25(2,3)4)12-17-21(14)29-13-18(23(27)31)22(17)30-15-6-7-19(26)20(11-15)35-5/h6-7,10-13H,8-9H2,1-5H3,(H2,27,31)(H,28,32)(H,29,30). The molecular weight excluding hydrogens is 503 g/mol. The zero-order valence-electron chi connectivity index (χ0n) is 21.1. The van der Waals surface area contributed by atoms with Gasteiger partial charge in [0.15, 0.2) is 21.4 Å². The number of alkyl carbamates (subject to hydrolysis) is 1. The van der Waals surface area contributed by atoms with Crippen LogP contribution in [0.5, 0.6) is 5.75 Å². The molecule has 0 unspecified atom stereocenters. The molecule has 0 radical (unpaired) electrons. The Labute approximate surface area is 214 Å². The van der Waals surface area contributed by atoms with Gasteiger partial charge in [-0.15, -0.1) is 0 Å². The van der Waals surface area contributed by atoms with E-state index >= 15 is 0 Å². The first-order valence-electron chi connectivity index (χ1n) is 11.2. The Bertz CT molecular complexity index is 1470. The number of amides is 2. The number of pyridine rings is 1. The van der Waals surface area contributed by atoms with Gasteiger partial charge in [0.1, 0.15) is 5.60 Å². The van der Waals surface area contributed by atoms with Crippen LogP contribution in [0.15, 0.2) is 41.4 Å². The molecule has 3 aromatic rings. The Kier molecular flexibility index (Phi) is 7.91. The molecule has 2 aromatic carbocycles. The summed E-state index contributed by atoms with van der Waals surface area (Å²) in [6.45, 7) is 6.60. The Morgan fingerprint density at radius 1 is 1.16 bits per heavy atom. The van der Waals surface area contributed by atoms with Crippen molar-refractivity contribution in [1.29, 1.82) is 0 Å². The van der Waals surface area contributed by atoms with E-state index in [2.05, 4.69) is 15.6 Å². The molecule has 0 atom stereocenters. The first kappa shape index (κ1) is 27.7. The number of anilines is 2. The monoisotopic (exact) mass is 532 g/mol. The molecule has 4 N–H and O–H groups in total. The third-order valence-electron chi connectivity index (χ3n) is 5.22. The summed E-state index contributed by atoms with van der Waals surface area (Å²) >= 11 is 0. The number of fused-ring (bicyclic) bond motifs is 1. The molecule has 3 rings (SSSR count). The summed E-state index contributed by atoms with van der Waals surface area (Å²) in [5.74, 6) is -1.79. The van der Waals surface area contributed by atoms with E-state index in [-0.39, 0.29) is 28.4 Å². The number of carbonyl (C=O) groups is 2. The largest absolute Gasteiger partial charge is 0.494 e. The highest BCUT2D eigenvalue weighted by molar-refractivity contribution is 7.91. The molecule has 1 heterocycles. The van der Waals surface area contributed by atoms with Crippen LogP contribution < -0.4 is 21.1 Å². The molecule has 0 saturated carbocycles. The summed E-state index contributed by atoms with van der Waals surface area (Å²) in [6, 6.07) is 6.86. The Morgan fingerprint density at radius 2 is 1.86 bits per heavy atom. The van der Waals surface area contributed by atoms with Crippen molar-refractivity contribution < 1.29 is 31.9 Å². The molecule has 2 amide bonds. The molecule has 0 fully saturated rings. The SMILES string of the molecule is COc1cc(Nc2c(C(N)=O)cnc3c(C)cc(S(=O)(=O)CCNC(=O)OC(C)(C)C)cc23)ccc1F. The molecule has 37 heavy (non-hydrogen) atoms. The van der Waals surface area contributed by atoms with Crippen molar-refractivity contribution in [3.8, 4) is 5.75 Å². The van der Waals surface area contributed by atoms with Crippen molar-refractivity contribution in [3.63, 3.8) is 0 Å². The zero-order chi connectivity index (χ0) is 27.5. The fourth-order valence-electron chi connectivity index (χ4n) is 3.55. The second-order valence-electron chi connectivity index (χ2n) is 9.27. The van der Waals surface area contributed by atoms with Crippen LogP contribution in [0.3, 0.4) is 0 Å². The molecule has 0 aliphatic heterocycles. The topological polar surface area (TPSA) is 150 Å². The number of hydrogen-bond donors (Lipinski definition) is 3. The number of primary amides is 1. The van der Waals surface area contributed by atoms with Crippen molar-refractivity contribution in [2.45, 2.75) is 38.2 Å². The van der Waals surface area contributed by atoms with Crippen molar-refractivity contribution >= 4 is 44.1 Å². The third-order valence-corrected chi connectivity index (χ3v) is 6.91. The quantitative estimate of drug-likeness (QED) is 0.396.